The first kappa shape index (κ1) is 9.21. The molecule has 5 nitrogen and oxygen atoms in total. The molecule has 0 saturated carbocycles. The van der Waals surface area contributed by atoms with Crippen molar-refractivity contribution in [2.24, 2.45) is 0 Å². The van der Waals surface area contributed by atoms with E-state index in [1.54, 1.807) is 29.2 Å². The van der Waals surface area contributed by atoms with E-state index in [2.05, 4.69) is 9.97 Å². The highest BCUT2D eigenvalue weighted by Crippen LogP contribution is 2.07. The molecule has 0 atom stereocenters. The number of hydrogen-bond donors (Lipinski definition) is 1. The third-order valence-corrected chi connectivity index (χ3v) is 2.02. The van der Waals surface area contributed by atoms with Gasteiger partial charge in [-0.3, -0.25) is 4.98 Å². The summed E-state index contributed by atoms with van der Waals surface area (Å²) in [7, 11) is 0. The lowest BCUT2D eigenvalue weighted by Gasteiger charge is -2.03. The van der Waals surface area contributed by atoms with E-state index >= 15 is 0 Å². The Kier molecular flexibility index (Phi) is 2.33. The Morgan fingerprint density at radius 3 is 3.00 bits per heavy atom. The van der Waals surface area contributed by atoms with Crippen LogP contribution in [-0.2, 0) is 6.54 Å². The third kappa shape index (κ3) is 1.94. The van der Waals surface area contributed by atoms with E-state index in [0.29, 0.717) is 18.1 Å². The van der Waals surface area contributed by atoms with Crippen LogP contribution in [0.2, 0.25) is 0 Å². The number of nitrogen functional groups attached to an aromatic ring is 1. The molecule has 0 saturated heterocycles. The second-order valence-electron chi connectivity index (χ2n) is 3.11. The first-order valence-electron chi connectivity index (χ1n) is 4.40. The Labute approximate surface area is 86.8 Å². The largest absolute Gasteiger partial charge is 0.369 e. The van der Waals surface area contributed by atoms with E-state index in [4.69, 9.17) is 11.0 Å². The summed E-state index contributed by atoms with van der Waals surface area (Å²) in [4.78, 5) is 7.88. The molecular weight excluding hydrogens is 190 g/mol. The molecule has 0 bridgehead atoms. The molecule has 0 fully saturated rings. The standard InChI is InChI=1S/C10H9N5/c11-4-8-3-9(6-13-5-8)7-15-2-1-14-10(15)12/h1-3,5-6H,7H2,(H2,12,14). The zero-order valence-electron chi connectivity index (χ0n) is 7.96. The topological polar surface area (TPSA) is 80.5 Å². The van der Waals surface area contributed by atoms with Gasteiger partial charge in [-0.2, -0.15) is 5.26 Å². The number of hydrogen-bond acceptors (Lipinski definition) is 4. The van der Waals surface area contributed by atoms with Gasteiger partial charge in [-0.15, -0.1) is 0 Å². The lowest BCUT2D eigenvalue weighted by atomic mass is 10.2. The highest BCUT2D eigenvalue weighted by molar-refractivity contribution is 5.30. The van der Waals surface area contributed by atoms with Crippen LogP contribution in [-0.4, -0.2) is 14.5 Å². The molecular formula is C10H9N5. The van der Waals surface area contributed by atoms with Crippen molar-refractivity contribution < 1.29 is 0 Å². The number of nitrogens with two attached hydrogens (primary N) is 1. The number of nitrogens with zero attached hydrogens (tertiary/aromatic N) is 4. The van der Waals surface area contributed by atoms with Gasteiger partial charge in [0.15, 0.2) is 5.95 Å². The minimum atomic E-state index is 0.456. The maximum atomic E-state index is 8.71. The van der Waals surface area contributed by atoms with Gasteiger partial charge in [0.1, 0.15) is 6.07 Å². The molecule has 0 aliphatic carbocycles. The summed E-state index contributed by atoms with van der Waals surface area (Å²) in [6.07, 6.45) is 6.66. The summed E-state index contributed by atoms with van der Waals surface area (Å²) in [6.45, 7) is 0.578. The van der Waals surface area contributed by atoms with Gasteiger partial charge in [-0.1, -0.05) is 0 Å². The Morgan fingerprint density at radius 1 is 1.47 bits per heavy atom. The highest BCUT2D eigenvalue weighted by atomic mass is 15.1. The van der Waals surface area contributed by atoms with E-state index < -0.39 is 0 Å². The molecule has 2 aromatic heterocycles. The molecule has 74 valence electrons. The molecule has 0 aliphatic rings. The van der Waals surface area contributed by atoms with Gasteiger partial charge in [0.05, 0.1) is 12.1 Å². The Morgan fingerprint density at radius 2 is 2.33 bits per heavy atom. The number of anilines is 1. The van der Waals surface area contributed by atoms with E-state index in [0.717, 1.165) is 5.56 Å². The Hall–Kier alpha value is -2.35. The molecule has 2 N–H and O–H groups in total. The monoisotopic (exact) mass is 199 g/mol. The summed E-state index contributed by atoms with van der Waals surface area (Å²) < 4.78 is 1.79. The van der Waals surface area contributed by atoms with Crippen molar-refractivity contribution >= 4 is 5.95 Å². The fourth-order valence-electron chi connectivity index (χ4n) is 1.31. The van der Waals surface area contributed by atoms with Gasteiger partial charge < -0.3 is 10.3 Å². The van der Waals surface area contributed by atoms with Gasteiger partial charge in [0.2, 0.25) is 0 Å². The summed E-state index contributed by atoms with van der Waals surface area (Å²) in [5.74, 6) is 0.456. The van der Waals surface area contributed by atoms with E-state index in [1.165, 1.54) is 6.20 Å². The second kappa shape index (κ2) is 3.80. The Balaban J connectivity index is 2.25. The predicted octanol–water partition coefficient (Wildman–Crippen LogP) is 0.780. The Bertz CT molecular complexity index is 509. The lowest BCUT2D eigenvalue weighted by molar-refractivity contribution is 0.806. The molecule has 0 radical (unpaired) electrons. The van der Waals surface area contributed by atoms with Gasteiger partial charge in [0, 0.05) is 24.8 Å². The van der Waals surface area contributed by atoms with Gasteiger partial charge in [0.25, 0.3) is 0 Å². The zero-order valence-corrected chi connectivity index (χ0v) is 7.96. The number of nitriles is 1. The fourth-order valence-corrected chi connectivity index (χ4v) is 1.31. The molecule has 0 amide bonds. The SMILES string of the molecule is N#Cc1cncc(Cn2ccnc2N)c1. The second-order valence-corrected chi connectivity index (χ2v) is 3.11. The van der Waals surface area contributed by atoms with Gasteiger partial charge >= 0.3 is 0 Å². The number of aromatic nitrogens is 3. The van der Waals surface area contributed by atoms with Crippen molar-refractivity contribution in [3.05, 3.63) is 42.0 Å². The fraction of sp³-hybridized carbons (Fsp3) is 0.100. The predicted molar refractivity (Wildman–Crippen MR) is 54.7 cm³/mol. The summed E-state index contributed by atoms with van der Waals surface area (Å²) in [5, 5.41) is 8.71. The average molecular weight is 199 g/mol. The lowest BCUT2D eigenvalue weighted by Crippen LogP contribution is -2.04. The maximum absolute atomic E-state index is 8.71. The molecule has 15 heavy (non-hydrogen) atoms. The molecule has 0 aliphatic heterocycles. The van der Waals surface area contributed by atoms with Crippen LogP contribution in [0.25, 0.3) is 0 Å². The normalized spacial score (nSPS) is 9.80. The van der Waals surface area contributed by atoms with E-state index in [9.17, 15) is 0 Å². The van der Waals surface area contributed by atoms with Crippen molar-refractivity contribution in [2.75, 3.05) is 5.73 Å². The minimum Gasteiger partial charge on any atom is -0.369 e. The van der Waals surface area contributed by atoms with Crippen LogP contribution >= 0.6 is 0 Å². The third-order valence-electron chi connectivity index (χ3n) is 2.02. The summed E-state index contributed by atoms with van der Waals surface area (Å²) in [5.41, 5.74) is 7.10. The van der Waals surface area contributed by atoms with Gasteiger partial charge in [-0.25, -0.2) is 4.98 Å². The van der Waals surface area contributed by atoms with Crippen LogP contribution in [0.4, 0.5) is 5.95 Å². The van der Waals surface area contributed by atoms with Crippen molar-refractivity contribution in [1.82, 2.24) is 14.5 Å². The van der Waals surface area contributed by atoms with Crippen LogP contribution in [0, 0.1) is 11.3 Å². The molecule has 5 heteroatoms. The molecule has 0 spiro atoms. The minimum absolute atomic E-state index is 0.456. The van der Waals surface area contributed by atoms with Crippen LogP contribution in [0.15, 0.2) is 30.9 Å². The quantitative estimate of drug-likeness (QED) is 0.775. The molecule has 0 aromatic carbocycles. The molecule has 2 aromatic rings. The number of pyridine rings is 1. The van der Waals surface area contributed by atoms with Crippen LogP contribution in [0.5, 0.6) is 0 Å². The van der Waals surface area contributed by atoms with Crippen LogP contribution in [0.3, 0.4) is 0 Å². The average Bonchev–Trinajstić information content (AvgIpc) is 2.65. The van der Waals surface area contributed by atoms with Crippen LogP contribution in [0.1, 0.15) is 11.1 Å². The molecule has 2 heterocycles. The molecule has 0 unspecified atom stereocenters. The first-order valence-corrected chi connectivity index (χ1v) is 4.40. The number of rotatable bonds is 2. The zero-order chi connectivity index (χ0) is 10.7. The molecule has 2 rings (SSSR count). The van der Waals surface area contributed by atoms with Gasteiger partial charge in [-0.05, 0) is 11.6 Å². The van der Waals surface area contributed by atoms with Crippen molar-refractivity contribution in [1.29, 1.82) is 5.26 Å². The number of imidazole rings is 1. The van der Waals surface area contributed by atoms with Crippen molar-refractivity contribution in [2.45, 2.75) is 6.54 Å². The van der Waals surface area contributed by atoms with Crippen molar-refractivity contribution in [3.63, 3.8) is 0 Å². The summed E-state index contributed by atoms with van der Waals surface area (Å²) in [6, 6.07) is 3.83. The highest BCUT2D eigenvalue weighted by Gasteiger charge is 2.00. The summed E-state index contributed by atoms with van der Waals surface area (Å²) >= 11 is 0. The smallest absolute Gasteiger partial charge is 0.200 e. The van der Waals surface area contributed by atoms with E-state index in [-0.39, 0.29) is 0 Å². The first-order chi connectivity index (χ1) is 7.29. The van der Waals surface area contributed by atoms with Crippen molar-refractivity contribution in [3.8, 4) is 6.07 Å². The van der Waals surface area contributed by atoms with Crippen LogP contribution < -0.4 is 5.73 Å². The maximum Gasteiger partial charge on any atom is 0.200 e. The van der Waals surface area contributed by atoms with E-state index in [1.807, 2.05) is 6.07 Å².